The van der Waals surface area contributed by atoms with Crippen molar-refractivity contribution in [1.29, 1.82) is 0 Å². The lowest BCUT2D eigenvalue weighted by atomic mass is 10.5. The van der Waals surface area contributed by atoms with Crippen LogP contribution >= 0.6 is 15.9 Å². The van der Waals surface area contributed by atoms with E-state index in [0.717, 1.165) is 14.0 Å². The summed E-state index contributed by atoms with van der Waals surface area (Å²) in [5, 5.41) is 0. The van der Waals surface area contributed by atoms with E-state index < -0.39 is 10.5 Å². The van der Waals surface area contributed by atoms with Crippen LogP contribution in [0.2, 0.25) is 0 Å². The molecule has 0 unspecified atom stereocenters. The Labute approximate surface area is 55.1 Å². The topological polar surface area (TPSA) is 26.3 Å². The molecule has 0 aromatic carbocycles. The maximum absolute atomic E-state index is 12.2. The highest BCUT2D eigenvalue weighted by atomic mass is 79.9. The molecule has 0 aliphatic carbocycles. The minimum atomic E-state index is -2.04. The standard InChI is InChI=1S/C4H6BrFO2/c1-4(5,6)3(7)8-2/h1-2H3/t4-/m0/s1. The summed E-state index contributed by atoms with van der Waals surface area (Å²) >= 11 is 2.46. The van der Waals surface area contributed by atoms with Crippen LogP contribution in [0.5, 0.6) is 0 Å². The highest BCUT2D eigenvalue weighted by molar-refractivity contribution is 9.10. The Morgan fingerprint density at radius 2 is 2.25 bits per heavy atom. The van der Waals surface area contributed by atoms with Crippen molar-refractivity contribution < 1.29 is 13.9 Å². The molecule has 2 nitrogen and oxygen atoms in total. The van der Waals surface area contributed by atoms with Gasteiger partial charge in [0.05, 0.1) is 7.11 Å². The van der Waals surface area contributed by atoms with Crippen LogP contribution in [0.25, 0.3) is 0 Å². The molecular weight excluding hydrogens is 179 g/mol. The third-order valence-electron chi connectivity index (χ3n) is 0.544. The van der Waals surface area contributed by atoms with E-state index in [1.165, 1.54) is 0 Å². The Kier molecular flexibility index (Phi) is 2.40. The van der Waals surface area contributed by atoms with E-state index in [-0.39, 0.29) is 0 Å². The van der Waals surface area contributed by atoms with Gasteiger partial charge < -0.3 is 4.74 Å². The van der Waals surface area contributed by atoms with Gasteiger partial charge in [0.2, 0.25) is 0 Å². The summed E-state index contributed by atoms with van der Waals surface area (Å²) in [7, 11) is 1.13. The average Bonchev–Trinajstić information content (AvgIpc) is 1.62. The monoisotopic (exact) mass is 184 g/mol. The lowest BCUT2D eigenvalue weighted by Crippen LogP contribution is -2.23. The zero-order valence-electron chi connectivity index (χ0n) is 4.57. The highest BCUT2D eigenvalue weighted by Crippen LogP contribution is 2.19. The third-order valence-corrected chi connectivity index (χ3v) is 0.868. The van der Waals surface area contributed by atoms with Gasteiger partial charge in [-0.15, -0.1) is 0 Å². The van der Waals surface area contributed by atoms with Crippen LogP contribution in [-0.2, 0) is 9.53 Å². The molecule has 4 heteroatoms. The second kappa shape index (κ2) is 2.44. The largest absolute Gasteiger partial charge is 0.466 e. The molecule has 1 atom stereocenters. The van der Waals surface area contributed by atoms with Crippen LogP contribution in [0.1, 0.15) is 6.92 Å². The summed E-state index contributed by atoms with van der Waals surface area (Å²) in [6.45, 7) is 1.07. The number of methoxy groups -OCH3 is 1. The van der Waals surface area contributed by atoms with Gasteiger partial charge >= 0.3 is 5.97 Å². The van der Waals surface area contributed by atoms with Crippen molar-refractivity contribution in [2.45, 2.75) is 11.5 Å². The van der Waals surface area contributed by atoms with Gasteiger partial charge in [0, 0.05) is 0 Å². The molecule has 0 aromatic rings. The number of hydrogen-bond donors (Lipinski definition) is 0. The molecule has 0 saturated heterocycles. The van der Waals surface area contributed by atoms with Gasteiger partial charge in [-0.05, 0) is 22.9 Å². The summed E-state index contributed by atoms with van der Waals surface area (Å²) < 4.78 is 14.2. The van der Waals surface area contributed by atoms with Crippen LogP contribution in [0, 0.1) is 0 Å². The number of esters is 1. The Morgan fingerprint density at radius 1 is 1.88 bits per heavy atom. The van der Waals surface area contributed by atoms with Crippen molar-refractivity contribution in [2.75, 3.05) is 7.11 Å². The lowest BCUT2D eigenvalue weighted by molar-refractivity contribution is -0.147. The molecule has 48 valence electrons. The van der Waals surface area contributed by atoms with Gasteiger partial charge in [0.15, 0.2) is 0 Å². The van der Waals surface area contributed by atoms with E-state index in [4.69, 9.17) is 0 Å². The maximum atomic E-state index is 12.2. The van der Waals surface area contributed by atoms with E-state index in [0.29, 0.717) is 0 Å². The van der Waals surface area contributed by atoms with Crippen LogP contribution < -0.4 is 0 Å². The molecule has 0 aliphatic rings. The number of carbonyl (C=O) groups is 1. The maximum Gasteiger partial charge on any atom is 0.354 e. The quantitative estimate of drug-likeness (QED) is 0.453. The van der Waals surface area contributed by atoms with Crippen molar-refractivity contribution in [2.24, 2.45) is 0 Å². The molecule has 0 rings (SSSR count). The number of hydrogen-bond acceptors (Lipinski definition) is 2. The minimum Gasteiger partial charge on any atom is -0.466 e. The Balaban J connectivity index is 3.82. The smallest absolute Gasteiger partial charge is 0.354 e. The molecule has 0 N–H and O–H groups in total. The van der Waals surface area contributed by atoms with Crippen molar-refractivity contribution >= 4 is 21.9 Å². The zero-order valence-corrected chi connectivity index (χ0v) is 6.16. The van der Waals surface area contributed by atoms with Crippen molar-refractivity contribution in [3.05, 3.63) is 0 Å². The van der Waals surface area contributed by atoms with Crippen LogP contribution in [-0.4, -0.2) is 17.7 Å². The van der Waals surface area contributed by atoms with Crippen LogP contribution in [0.3, 0.4) is 0 Å². The van der Waals surface area contributed by atoms with Gasteiger partial charge in [0.25, 0.3) is 4.58 Å². The van der Waals surface area contributed by atoms with E-state index in [1.54, 1.807) is 0 Å². The van der Waals surface area contributed by atoms with Crippen molar-refractivity contribution in [3.8, 4) is 0 Å². The SMILES string of the molecule is COC(=O)[C@](C)(F)Br. The summed E-state index contributed by atoms with van der Waals surface area (Å²) in [6, 6.07) is 0. The van der Waals surface area contributed by atoms with Crippen LogP contribution in [0.4, 0.5) is 4.39 Å². The lowest BCUT2D eigenvalue weighted by Gasteiger charge is -2.06. The van der Waals surface area contributed by atoms with Crippen LogP contribution in [0.15, 0.2) is 0 Å². The van der Waals surface area contributed by atoms with Crippen molar-refractivity contribution in [1.82, 2.24) is 0 Å². The first-order chi connectivity index (χ1) is 3.48. The second-order valence-corrected chi connectivity index (χ2v) is 2.87. The molecule has 0 bridgehead atoms. The molecular formula is C4H6BrFO2. The highest BCUT2D eigenvalue weighted by Gasteiger charge is 2.29. The van der Waals surface area contributed by atoms with E-state index in [1.807, 2.05) is 0 Å². The number of halogens is 2. The second-order valence-electron chi connectivity index (χ2n) is 1.38. The fourth-order valence-corrected chi connectivity index (χ4v) is 0.341. The Hall–Kier alpha value is -0.120. The summed E-state index contributed by atoms with van der Waals surface area (Å²) in [4.78, 5) is 10.2. The van der Waals surface area contributed by atoms with E-state index in [9.17, 15) is 9.18 Å². The molecule has 0 radical (unpaired) electrons. The summed E-state index contributed by atoms with van der Waals surface area (Å²) in [5.41, 5.74) is 0. The molecule has 0 fully saturated rings. The minimum absolute atomic E-state index is 0.919. The molecule has 0 heterocycles. The normalized spacial score (nSPS) is 17.0. The van der Waals surface area contributed by atoms with Gasteiger partial charge in [-0.1, -0.05) is 0 Å². The molecule has 8 heavy (non-hydrogen) atoms. The Bertz CT molecular complexity index is 96.7. The van der Waals surface area contributed by atoms with Crippen molar-refractivity contribution in [3.63, 3.8) is 0 Å². The molecule has 0 saturated carbocycles. The van der Waals surface area contributed by atoms with Gasteiger partial charge in [-0.3, -0.25) is 0 Å². The van der Waals surface area contributed by atoms with E-state index >= 15 is 0 Å². The molecule has 0 spiro atoms. The first kappa shape index (κ1) is 7.88. The fraction of sp³-hybridized carbons (Fsp3) is 0.750. The van der Waals surface area contributed by atoms with E-state index in [2.05, 4.69) is 20.7 Å². The molecule has 0 aliphatic heterocycles. The predicted molar refractivity (Wildman–Crippen MR) is 30.5 cm³/mol. The van der Waals surface area contributed by atoms with Gasteiger partial charge in [-0.25, -0.2) is 9.18 Å². The number of ether oxygens (including phenoxy) is 1. The third kappa shape index (κ3) is 2.26. The van der Waals surface area contributed by atoms with Gasteiger partial charge in [-0.2, -0.15) is 0 Å². The molecule has 0 amide bonds. The predicted octanol–water partition coefficient (Wildman–Crippen LogP) is 1.24. The fourth-order valence-electron chi connectivity index (χ4n) is 0.179. The first-order valence-corrected chi connectivity index (χ1v) is 2.74. The number of carbonyl (C=O) groups excluding carboxylic acids is 1. The van der Waals surface area contributed by atoms with Gasteiger partial charge in [0.1, 0.15) is 0 Å². The number of alkyl halides is 2. The number of rotatable bonds is 1. The zero-order chi connectivity index (χ0) is 6.78. The summed E-state index contributed by atoms with van der Waals surface area (Å²) in [6.07, 6.45) is 0. The average molecular weight is 185 g/mol. The molecule has 0 aromatic heterocycles. The summed E-state index contributed by atoms with van der Waals surface area (Å²) in [5.74, 6) is -0.919. The first-order valence-electron chi connectivity index (χ1n) is 1.94. The Morgan fingerprint density at radius 3 is 2.25 bits per heavy atom.